The van der Waals surface area contributed by atoms with Gasteiger partial charge in [0.15, 0.2) is 0 Å². The summed E-state index contributed by atoms with van der Waals surface area (Å²) in [5.74, 6) is -0.0387. The van der Waals surface area contributed by atoms with E-state index < -0.39 is 38.6 Å². The van der Waals surface area contributed by atoms with Crippen LogP contribution in [0.5, 0.6) is 17.2 Å². The summed E-state index contributed by atoms with van der Waals surface area (Å²) in [6.07, 6.45) is 1.05. The van der Waals surface area contributed by atoms with Crippen molar-refractivity contribution in [2.75, 3.05) is 14.2 Å². The number of para-hydroxylation sites is 2. The van der Waals surface area contributed by atoms with Crippen LogP contribution in [0, 0.1) is 20.2 Å². The van der Waals surface area contributed by atoms with Crippen molar-refractivity contribution < 1.29 is 46.6 Å². The number of ether oxygens (including phenoxy) is 2. The van der Waals surface area contributed by atoms with Gasteiger partial charge in [-0.15, -0.1) is 0 Å². The van der Waals surface area contributed by atoms with E-state index >= 15 is 0 Å². The van der Waals surface area contributed by atoms with Gasteiger partial charge in [-0.1, -0.05) is 36.4 Å². The van der Waals surface area contributed by atoms with E-state index in [0.29, 0.717) is 28.7 Å². The molecular formula is C24H23CuN3O8. The number of rotatable bonds is 9. The minimum Gasteiger partial charge on any atom is -0.502 e. The Bertz CT molecular complexity index is 1250. The third kappa shape index (κ3) is 5.30. The number of nitro benzene ring substituents is 2. The molecule has 0 unspecified atom stereocenters. The van der Waals surface area contributed by atoms with E-state index in [1.807, 2.05) is 0 Å². The fourth-order valence-corrected chi connectivity index (χ4v) is 3.78. The predicted octanol–water partition coefficient (Wildman–Crippen LogP) is 3.97. The fraction of sp³-hybridized carbons (Fsp3) is 0.208. The second-order valence-corrected chi connectivity index (χ2v) is 7.54. The number of aliphatic hydroxyl groups is 1. The van der Waals surface area contributed by atoms with Crippen molar-refractivity contribution >= 4 is 17.6 Å². The molecular weight excluding hydrogens is 522 g/mol. The van der Waals surface area contributed by atoms with Gasteiger partial charge in [-0.2, -0.15) is 0 Å². The zero-order chi connectivity index (χ0) is 25.8. The number of aromatic hydroxyl groups is 1. The molecule has 1 radical (unpaired) electrons. The number of nitro groups is 2. The summed E-state index contributed by atoms with van der Waals surface area (Å²) in [7, 11) is 2.91. The number of aliphatic imine (C=N–C) groups is 1. The van der Waals surface area contributed by atoms with Crippen LogP contribution in [-0.2, 0) is 22.7 Å². The Balaban J connectivity index is 0.00000456. The van der Waals surface area contributed by atoms with E-state index in [2.05, 4.69) is 4.99 Å². The van der Waals surface area contributed by atoms with Gasteiger partial charge in [-0.25, -0.2) is 0 Å². The molecule has 0 fully saturated rings. The second-order valence-electron chi connectivity index (χ2n) is 7.54. The van der Waals surface area contributed by atoms with Crippen LogP contribution in [0.15, 0.2) is 65.7 Å². The molecule has 36 heavy (non-hydrogen) atoms. The maximum atomic E-state index is 12.1. The number of non-ortho nitro benzene ring substituents is 1. The molecule has 3 rings (SSSR count). The van der Waals surface area contributed by atoms with Crippen LogP contribution < -0.4 is 9.47 Å². The van der Waals surface area contributed by atoms with Crippen LogP contribution in [0.25, 0.3) is 0 Å². The molecule has 0 aliphatic rings. The van der Waals surface area contributed by atoms with Gasteiger partial charge in [0.25, 0.3) is 5.69 Å². The van der Waals surface area contributed by atoms with Crippen LogP contribution in [0.1, 0.15) is 23.6 Å². The first-order chi connectivity index (χ1) is 16.6. The monoisotopic (exact) mass is 544 g/mol. The molecule has 0 aliphatic carbocycles. The number of hydrogen-bond acceptors (Lipinski definition) is 9. The first kappa shape index (κ1) is 28.2. The van der Waals surface area contributed by atoms with Crippen molar-refractivity contribution in [3.8, 4) is 17.2 Å². The third-order valence-corrected chi connectivity index (χ3v) is 5.59. The van der Waals surface area contributed by atoms with Crippen molar-refractivity contribution in [3.05, 3.63) is 97.6 Å². The van der Waals surface area contributed by atoms with Crippen LogP contribution in [0.3, 0.4) is 0 Å². The van der Waals surface area contributed by atoms with Crippen molar-refractivity contribution in [1.29, 1.82) is 0 Å². The number of phenols is 1. The molecule has 3 aromatic carbocycles. The summed E-state index contributed by atoms with van der Waals surface area (Å²) in [5, 5.41) is 45.0. The number of benzene rings is 3. The molecule has 1 atom stereocenters. The molecule has 0 saturated heterocycles. The molecule has 3 aromatic rings. The summed E-state index contributed by atoms with van der Waals surface area (Å²) in [6.45, 7) is 1.58. The van der Waals surface area contributed by atoms with Gasteiger partial charge in [0.2, 0.25) is 5.75 Å². The molecule has 0 amide bonds. The van der Waals surface area contributed by atoms with E-state index in [9.17, 15) is 30.4 Å². The van der Waals surface area contributed by atoms with Gasteiger partial charge in [-0.3, -0.25) is 25.2 Å². The van der Waals surface area contributed by atoms with Gasteiger partial charge in [-0.05, 0) is 19.1 Å². The molecule has 0 bridgehead atoms. The normalized spacial score (nSPS) is 12.0. The smallest absolute Gasteiger partial charge is 0.318 e. The SMILES string of the molecule is COc1ccccc1C(O)(c1ccccc1OC)[C@@H](C)N=Cc1cc([N+](=O)[O-])cc([N+](=O)[O-])c1O.[Cu]. The topological polar surface area (TPSA) is 158 Å². The van der Waals surface area contributed by atoms with Crippen molar-refractivity contribution in [2.24, 2.45) is 4.99 Å². The molecule has 11 nitrogen and oxygen atoms in total. The van der Waals surface area contributed by atoms with Gasteiger partial charge in [0.05, 0.1) is 36.2 Å². The number of phenolic OH excluding ortho intramolecular Hbond substituents is 1. The van der Waals surface area contributed by atoms with Crippen molar-refractivity contribution in [1.82, 2.24) is 0 Å². The Morgan fingerprint density at radius 2 is 1.44 bits per heavy atom. The number of methoxy groups -OCH3 is 2. The van der Waals surface area contributed by atoms with E-state index in [-0.39, 0.29) is 22.6 Å². The minimum absolute atomic E-state index is 0. The Morgan fingerprint density at radius 1 is 0.944 bits per heavy atom. The van der Waals surface area contributed by atoms with Crippen LogP contribution in [0.2, 0.25) is 0 Å². The van der Waals surface area contributed by atoms with Crippen LogP contribution in [-0.4, -0.2) is 46.5 Å². The summed E-state index contributed by atoms with van der Waals surface area (Å²) >= 11 is 0. The maximum absolute atomic E-state index is 12.1. The Hall–Kier alpha value is -3.99. The molecule has 193 valence electrons. The zero-order valence-electron chi connectivity index (χ0n) is 19.4. The summed E-state index contributed by atoms with van der Waals surface area (Å²) in [4.78, 5) is 25.1. The maximum Gasteiger partial charge on any atom is 0.318 e. The average Bonchev–Trinajstić information content (AvgIpc) is 2.86. The standard InChI is InChI=1S/C24H23N3O8.Cu/c1-15(25-14-16-12-17(26(30)31)13-20(23(16)28)27(32)33)24(29,18-8-4-6-10-21(18)34-2)19-9-5-7-11-22(19)35-3;/h4-15,28-29H,1-3H3;/t15-;/m1./s1. The number of nitrogens with zero attached hydrogens (tertiary/aromatic N) is 3. The molecule has 0 spiro atoms. The predicted molar refractivity (Wildman–Crippen MR) is 127 cm³/mol. The van der Waals surface area contributed by atoms with Crippen molar-refractivity contribution in [2.45, 2.75) is 18.6 Å². The first-order valence-corrected chi connectivity index (χ1v) is 10.3. The van der Waals surface area contributed by atoms with Crippen LogP contribution in [0.4, 0.5) is 11.4 Å². The minimum atomic E-state index is -1.82. The van der Waals surface area contributed by atoms with E-state index in [4.69, 9.17) is 9.47 Å². The average molecular weight is 545 g/mol. The molecule has 0 heterocycles. The van der Waals surface area contributed by atoms with Gasteiger partial charge >= 0.3 is 5.69 Å². The van der Waals surface area contributed by atoms with Gasteiger partial charge in [0, 0.05) is 46.0 Å². The van der Waals surface area contributed by atoms with Gasteiger partial charge < -0.3 is 19.7 Å². The molecule has 0 aromatic heterocycles. The largest absolute Gasteiger partial charge is 0.502 e. The Morgan fingerprint density at radius 3 is 1.89 bits per heavy atom. The quantitative estimate of drug-likeness (QED) is 0.177. The third-order valence-electron chi connectivity index (χ3n) is 5.59. The summed E-state index contributed by atoms with van der Waals surface area (Å²) in [6, 6.07) is 14.2. The second kappa shape index (κ2) is 11.6. The Labute approximate surface area is 216 Å². The van der Waals surface area contributed by atoms with E-state index in [0.717, 1.165) is 12.3 Å². The van der Waals surface area contributed by atoms with Gasteiger partial charge in [0.1, 0.15) is 17.1 Å². The molecule has 0 aliphatic heterocycles. The molecule has 12 heteroatoms. The molecule has 0 saturated carbocycles. The number of hydrogen-bond donors (Lipinski definition) is 2. The summed E-state index contributed by atoms with van der Waals surface area (Å²) in [5.41, 5.74) is -2.76. The molecule has 2 N–H and O–H groups in total. The van der Waals surface area contributed by atoms with E-state index in [1.165, 1.54) is 14.2 Å². The first-order valence-electron chi connectivity index (χ1n) is 10.3. The zero-order valence-corrected chi connectivity index (χ0v) is 20.4. The fourth-order valence-electron chi connectivity index (χ4n) is 3.78. The van der Waals surface area contributed by atoms with Crippen LogP contribution >= 0.6 is 0 Å². The summed E-state index contributed by atoms with van der Waals surface area (Å²) < 4.78 is 10.9. The van der Waals surface area contributed by atoms with E-state index in [1.54, 1.807) is 55.5 Å². The van der Waals surface area contributed by atoms with Crippen molar-refractivity contribution in [3.63, 3.8) is 0 Å². The Kier molecular flexibility index (Phi) is 9.12.